The fourth-order valence-electron chi connectivity index (χ4n) is 1.20. The van der Waals surface area contributed by atoms with Gasteiger partial charge < -0.3 is 10.4 Å². The summed E-state index contributed by atoms with van der Waals surface area (Å²) in [5.41, 5.74) is 1.69. The molecule has 0 fully saturated rings. The Morgan fingerprint density at radius 3 is 2.67 bits per heavy atom. The summed E-state index contributed by atoms with van der Waals surface area (Å²) in [6.45, 7) is 0. The van der Waals surface area contributed by atoms with Crippen LogP contribution in [0.2, 0.25) is 15.1 Å². The molecule has 4 nitrogen and oxygen atoms in total. The quantitative estimate of drug-likeness (QED) is 0.647. The van der Waals surface area contributed by atoms with E-state index in [1.807, 2.05) is 0 Å². The van der Waals surface area contributed by atoms with Crippen molar-refractivity contribution in [3.63, 3.8) is 0 Å². The molecule has 94 valence electrons. The van der Waals surface area contributed by atoms with E-state index in [-0.39, 0.29) is 32.2 Å². The van der Waals surface area contributed by atoms with Gasteiger partial charge in [0, 0.05) is 5.38 Å². The standard InChI is InChI=1S/C10H5Cl3N2O2S/c11-4-1-5(12)9(16)8(7(4)13)15-10(17)6-2-18-3-14-6/h1-3,16H,(H,15,17). The van der Waals surface area contributed by atoms with Gasteiger partial charge in [0.25, 0.3) is 5.91 Å². The Labute approximate surface area is 121 Å². The number of thiazole rings is 1. The van der Waals surface area contributed by atoms with Gasteiger partial charge in [0.2, 0.25) is 0 Å². The molecule has 1 aromatic heterocycles. The number of carbonyl (C=O) groups is 1. The van der Waals surface area contributed by atoms with E-state index in [0.29, 0.717) is 0 Å². The maximum atomic E-state index is 11.8. The Balaban J connectivity index is 2.38. The van der Waals surface area contributed by atoms with Crippen molar-refractivity contribution in [3.05, 3.63) is 37.7 Å². The summed E-state index contributed by atoms with van der Waals surface area (Å²) in [5, 5.41) is 13.9. The maximum Gasteiger partial charge on any atom is 0.275 e. The van der Waals surface area contributed by atoms with E-state index in [2.05, 4.69) is 10.3 Å². The molecule has 0 saturated heterocycles. The molecular weight excluding hydrogens is 319 g/mol. The lowest BCUT2D eigenvalue weighted by molar-refractivity contribution is 0.102. The van der Waals surface area contributed by atoms with Gasteiger partial charge >= 0.3 is 0 Å². The number of halogens is 3. The fourth-order valence-corrected chi connectivity index (χ4v) is 2.39. The number of carbonyl (C=O) groups excluding carboxylic acids is 1. The summed E-state index contributed by atoms with van der Waals surface area (Å²) >= 11 is 18.7. The van der Waals surface area contributed by atoms with Gasteiger partial charge in [-0.15, -0.1) is 11.3 Å². The van der Waals surface area contributed by atoms with Crippen LogP contribution in [-0.4, -0.2) is 16.0 Å². The van der Waals surface area contributed by atoms with E-state index in [1.54, 1.807) is 5.38 Å². The first-order chi connectivity index (χ1) is 8.50. The van der Waals surface area contributed by atoms with E-state index < -0.39 is 5.91 Å². The van der Waals surface area contributed by atoms with E-state index in [1.165, 1.54) is 22.9 Å². The molecule has 18 heavy (non-hydrogen) atoms. The van der Waals surface area contributed by atoms with E-state index in [9.17, 15) is 9.90 Å². The van der Waals surface area contributed by atoms with Gasteiger partial charge in [-0.25, -0.2) is 4.98 Å². The highest BCUT2D eigenvalue weighted by atomic mass is 35.5. The van der Waals surface area contributed by atoms with Crippen LogP contribution in [-0.2, 0) is 0 Å². The van der Waals surface area contributed by atoms with Crippen LogP contribution in [0.15, 0.2) is 17.0 Å². The van der Waals surface area contributed by atoms with Crippen LogP contribution in [0.4, 0.5) is 5.69 Å². The highest BCUT2D eigenvalue weighted by molar-refractivity contribution is 7.07. The first-order valence-electron chi connectivity index (χ1n) is 4.56. The molecule has 2 aromatic rings. The van der Waals surface area contributed by atoms with Crippen LogP contribution in [0.25, 0.3) is 0 Å². The van der Waals surface area contributed by atoms with E-state index in [0.717, 1.165) is 0 Å². The molecule has 2 N–H and O–H groups in total. The number of hydrogen-bond donors (Lipinski definition) is 2. The monoisotopic (exact) mass is 322 g/mol. The van der Waals surface area contributed by atoms with Crippen molar-refractivity contribution in [1.29, 1.82) is 0 Å². The molecule has 0 aliphatic heterocycles. The second-order valence-corrected chi connectivity index (χ2v) is 5.12. The predicted molar refractivity (Wildman–Crippen MR) is 73.2 cm³/mol. The minimum atomic E-state index is -0.508. The van der Waals surface area contributed by atoms with Gasteiger partial charge in [-0.3, -0.25) is 4.79 Å². The van der Waals surface area contributed by atoms with Crippen molar-refractivity contribution < 1.29 is 9.90 Å². The second kappa shape index (κ2) is 5.32. The van der Waals surface area contributed by atoms with E-state index >= 15 is 0 Å². The van der Waals surface area contributed by atoms with Crippen LogP contribution in [0, 0.1) is 0 Å². The Morgan fingerprint density at radius 2 is 2.06 bits per heavy atom. The number of aromatic hydroxyl groups is 1. The zero-order chi connectivity index (χ0) is 13.3. The molecule has 0 bridgehead atoms. The second-order valence-electron chi connectivity index (χ2n) is 3.21. The Hall–Kier alpha value is -1.01. The lowest BCUT2D eigenvalue weighted by atomic mass is 10.2. The number of nitrogens with zero attached hydrogens (tertiary/aromatic N) is 1. The van der Waals surface area contributed by atoms with Crippen molar-refractivity contribution in [3.8, 4) is 5.75 Å². The normalized spacial score (nSPS) is 10.4. The van der Waals surface area contributed by atoms with Crippen LogP contribution in [0.1, 0.15) is 10.5 Å². The van der Waals surface area contributed by atoms with Crippen LogP contribution in [0.3, 0.4) is 0 Å². The molecule has 0 atom stereocenters. The third-order valence-corrected chi connectivity index (χ3v) is 3.71. The Morgan fingerprint density at radius 1 is 1.33 bits per heavy atom. The molecule has 0 radical (unpaired) electrons. The summed E-state index contributed by atoms with van der Waals surface area (Å²) < 4.78 is 0. The average Bonchev–Trinajstić information content (AvgIpc) is 2.85. The topological polar surface area (TPSA) is 62.2 Å². The summed E-state index contributed by atoms with van der Waals surface area (Å²) in [4.78, 5) is 15.6. The lowest BCUT2D eigenvalue weighted by Crippen LogP contribution is -2.12. The SMILES string of the molecule is O=C(Nc1c(O)c(Cl)cc(Cl)c1Cl)c1cscn1. The molecule has 2 rings (SSSR count). The number of nitrogens with one attached hydrogen (secondary N) is 1. The van der Waals surface area contributed by atoms with Crippen molar-refractivity contribution in [2.75, 3.05) is 5.32 Å². The molecule has 0 aliphatic rings. The Kier molecular flexibility index (Phi) is 3.97. The first-order valence-corrected chi connectivity index (χ1v) is 6.64. The number of amides is 1. The molecular formula is C10H5Cl3N2O2S. The maximum absolute atomic E-state index is 11.8. The van der Waals surface area contributed by atoms with Gasteiger partial charge in [0.05, 0.1) is 20.6 Å². The van der Waals surface area contributed by atoms with Gasteiger partial charge in [-0.2, -0.15) is 0 Å². The number of phenolic OH excluding ortho intramolecular Hbond substituents is 1. The largest absolute Gasteiger partial charge is 0.504 e. The highest BCUT2D eigenvalue weighted by Gasteiger charge is 2.18. The number of benzene rings is 1. The molecule has 0 spiro atoms. The van der Waals surface area contributed by atoms with Gasteiger partial charge in [0.1, 0.15) is 11.4 Å². The van der Waals surface area contributed by atoms with Gasteiger partial charge in [-0.1, -0.05) is 34.8 Å². The molecule has 1 amide bonds. The number of rotatable bonds is 2. The predicted octanol–water partition coefficient (Wildman–Crippen LogP) is 4.06. The summed E-state index contributed by atoms with van der Waals surface area (Å²) in [5.74, 6) is -0.846. The molecule has 8 heteroatoms. The molecule has 1 aromatic carbocycles. The van der Waals surface area contributed by atoms with Crippen LogP contribution >= 0.6 is 46.1 Å². The highest BCUT2D eigenvalue weighted by Crippen LogP contribution is 2.42. The number of aromatic nitrogens is 1. The number of anilines is 1. The van der Waals surface area contributed by atoms with E-state index in [4.69, 9.17) is 34.8 Å². The van der Waals surface area contributed by atoms with Gasteiger partial charge in [0.15, 0.2) is 5.75 Å². The smallest absolute Gasteiger partial charge is 0.275 e. The summed E-state index contributed by atoms with van der Waals surface area (Å²) in [6, 6.07) is 1.29. The van der Waals surface area contributed by atoms with Crippen molar-refractivity contribution >= 4 is 57.7 Å². The molecule has 0 saturated carbocycles. The fraction of sp³-hybridized carbons (Fsp3) is 0. The van der Waals surface area contributed by atoms with Crippen molar-refractivity contribution in [2.24, 2.45) is 0 Å². The zero-order valence-corrected chi connectivity index (χ0v) is 11.7. The Bertz CT molecular complexity index is 575. The zero-order valence-electron chi connectivity index (χ0n) is 8.58. The van der Waals surface area contributed by atoms with Crippen LogP contribution in [0.5, 0.6) is 5.75 Å². The minimum absolute atomic E-state index is 0.00187. The van der Waals surface area contributed by atoms with Crippen molar-refractivity contribution in [2.45, 2.75) is 0 Å². The summed E-state index contributed by atoms with van der Waals surface area (Å²) in [7, 11) is 0. The van der Waals surface area contributed by atoms with Gasteiger partial charge in [-0.05, 0) is 6.07 Å². The lowest BCUT2D eigenvalue weighted by Gasteiger charge is -2.10. The van der Waals surface area contributed by atoms with Crippen molar-refractivity contribution in [1.82, 2.24) is 4.98 Å². The molecule has 0 aliphatic carbocycles. The molecule has 1 heterocycles. The average molecular weight is 324 g/mol. The minimum Gasteiger partial charge on any atom is -0.504 e. The first kappa shape index (κ1) is 13.4. The molecule has 0 unspecified atom stereocenters. The summed E-state index contributed by atoms with van der Waals surface area (Å²) in [6.07, 6.45) is 0. The third kappa shape index (κ3) is 2.54. The number of phenols is 1. The third-order valence-electron chi connectivity index (χ3n) is 2.05. The number of hydrogen-bond acceptors (Lipinski definition) is 4. The van der Waals surface area contributed by atoms with Crippen LogP contribution < -0.4 is 5.32 Å².